The Morgan fingerprint density at radius 2 is 2.05 bits per heavy atom. The van der Waals surface area contributed by atoms with E-state index in [1.54, 1.807) is 16.8 Å². The summed E-state index contributed by atoms with van der Waals surface area (Å²) in [7, 11) is 0. The van der Waals surface area contributed by atoms with Gasteiger partial charge in [0.05, 0.1) is 11.6 Å². The van der Waals surface area contributed by atoms with E-state index in [1.807, 2.05) is 12.1 Å². The third-order valence-corrected chi connectivity index (χ3v) is 4.71. The van der Waals surface area contributed by atoms with Gasteiger partial charge in [-0.1, -0.05) is 6.42 Å². The third-order valence-electron chi connectivity index (χ3n) is 4.71. The summed E-state index contributed by atoms with van der Waals surface area (Å²) in [5.41, 5.74) is 0.833. The minimum atomic E-state index is -0.0719. The number of tetrazole rings is 1. The Morgan fingerprint density at radius 1 is 1.19 bits per heavy atom. The molecule has 2 aliphatic rings. The molecule has 1 aromatic carbocycles. The van der Waals surface area contributed by atoms with Gasteiger partial charge in [0.25, 0.3) is 0 Å². The van der Waals surface area contributed by atoms with Gasteiger partial charge in [-0.2, -0.15) is 0 Å². The number of esters is 1. The fourth-order valence-corrected chi connectivity index (χ4v) is 3.67. The molecule has 0 spiro atoms. The second-order valence-corrected chi connectivity index (χ2v) is 5.95. The predicted molar refractivity (Wildman–Crippen MR) is 73.7 cm³/mol. The number of ether oxygens (including phenoxy) is 1. The molecule has 21 heavy (non-hydrogen) atoms. The first-order chi connectivity index (χ1) is 10.3. The van der Waals surface area contributed by atoms with Crippen LogP contribution in [0.5, 0.6) is 5.75 Å². The first-order valence-electron chi connectivity index (χ1n) is 7.35. The smallest absolute Gasteiger partial charge is 0.314 e. The molecule has 3 unspecified atom stereocenters. The lowest BCUT2D eigenvalue weighted by atomic mass is 9.89. The molecular formula is C15H16N4O2. The largest absolute Gasteiger partial charge is 0.426 e. The predicted octanol–water partition coefficient (Wildman–Crippen LogP) is 2.00. The van der Waals surface area contributed by atoms with Gasteiger partial charge in [-0.05, 0) is 65.8 Å². The molecule has 2 fully saturated rings. The van der Waals surface area contributed by atoms with Crippen LogP contribution >= 0.6 is 0 Å². The van der Waals surface area contributed by atoms with Crippen molar-refractivity contribution in [3.05, 3.63) is 30.6 Å². The quantitative estimate of drug-likeness (QED) is 0.637. The molecule has 2 aliphatic carbocycles. The normalized spacial score (nSPS) is 27.0. The summed E-state index contributed by atoms with van der Waals surface area (Å²) < 4.78 is 7.08. The van der Waals surface area contributed by atoms with Gasteiger partial charge >= 0.3 is 5.97 Å². The molecule has 1 heterocycles. The standard InChI is InChI=1S/C15H16N4O2/c20-15(14-8-10-1-2-11(14)7-10)21-13-5-3-12(4-6-13)19-9-16-17-18-19/h3-6,9-11,14H,1-2,7-8H2. The SMILES string of the molecule is O=C(Oc1ccc(-n2cnnn2)cc1)C1CC2CCC1C2. The molecule has 0 saturated heterocycles. The lowest BCUT2D eigenvalue weighted by Gasteiger charge is -2.19. The highest BCUT2D eigenvalue weighted by atomic mass is 16.5. The maximum atomic E-state index is 12.3. The Kier molecular flexibility index (Phi) is 2.94. The topological polar surface area (TPSA) is 69.9 Å². The molecule has 6 heteroatoms. The fourth-order valence-electron chi connectivity index (χ4n) is 3.67. The van der Waals surface area contributed by atoms with Gasteiger partial charge in [0.2, 0.25) is 0 Å². The van der Waals surface area contributed by atoms with E-state index in [-0.39, 0.29) is 11.9 Å². The lowest BCUT2D eigenvalue weighted by Crippen LogP contribution is -2.25. The number of aromatic nitrogens is 4. The van der Waals surface area contributed by atoms with Crippen LogP contribution in [0.3, 0.4) is 0 Å². The monoisotopic (exact) mass is 284 g/mol. The van der Waals surface area contributed by atoms with Crippen LogP contribution in [0.15, 0.2) is 30.6 Å². The number of hydrogen-bond donors (Lipinski definition) is 0. The Bertz CT molecular complexity index is 638. The Labute approximate surface area is 122 Å². The zero-order valence-electron chi connectivity index (χ0n) is 11.6. The molecule has 108 valence electrons. The number of benzene rings is 1. The molecule has 0 radical (unpaired) electrons. The van der Waals surface area contributed by atoms with Gasteiger partial charge < -0.3 is 4.74 Å². The lowest BCUT2D eigenvalue weighted by molar-refractivity contribution is -0.140. The second-order valence-electron chi connectivity index (χ2n) is 5.95. The third kappa shape index (κ3) is 2.30. The van der Waals surface area contributed by atoms with Crippen LogP contribution in [0, 0.1) is 17.8 Å². The number of fused-ring (bicyclic) bond motifs is 2. The van der Waals surface area contributed by atoms with Crippen molar-refractivity contribution in [1.82, 2.24) is 20.2 Å². The molecule has 0 N–H and O–H groups in total. The van der Waals surface area contributed by atoms with Crippen LogP contribution in [0.4, 0.5) is 0 Å². The molecule has 2 aromatic rings. The summed E-state index contributed by atoms with van der Waals surface area (Å²) in [5, 5.41) is 11.0. The van der Waals surface area contributed by atoms with Crippen LogP contribution < -0.4 is 4.74 Å². The van der Waals surface area contributed by atoms with Crippen molar-refractivity contribution in [2.24, 2.45) is 17.8 Å². The van der Waals surface area contributed by atoms with Crippen LogP contribution in [0.1, 0.15) is 25.7 Å². The van der Waals surface area contributed by atoms with Gasteiger partial charge in [-0.25, -0.2) is 4.68 Å². The van der Waals surface area contributed by atoms with Gasteiger partial charge in [0.1, 0.15) is 12.1 Å². The molecule has 2 saturated carbocycles. The number of rotatable bonds is 3. The maximum Gasteiger partial charge on any atom is 0.314 e. The highest BCUT2D eigenvalue weighted by Crippen LogP contribution is 2.48. The Morgan fingerprint density at radius 3 is 2.67 bits per heavy atom. The van der Waals surface area contributed by atoms with E-state index in [0.29, 0.717) is 11.7 Å². The summed E-state index contributed by atoms with van der Waals surface area (Å²) in [5.74, 6) is 1.90. The van der Waals surface area contributed by atoms with Gasteiger partial charge in [0, 0.05) is 0 Å². The van der Waals surface area contributed by atoms with E-state index in [9.17, 15) is 4.79 Å². The molecule has 4 rings (SSSR count). The average molecular weight is 284 g/mol. The van der Waals surface area contributed by atoms with E-state index in [0.717, 1.165) is 18.0 Å². The average Bonchev–Trinajstić information content (AvgIpc) is 3.25. The van der Waals surface area contributed by atoms with Crippen molar-refractivity contribution in [2.75, 3.05) is 0 Å². The minimum absolute atomic E-state index is 0.0719. The van der Waals surface area contributed by atoms with Crippen LogP contribution in [0.2, 0.25) is 0 Å². The van der Waals surface area contributed by atoms with E-state index < -0.39 is 0 Å². The van der Waals surface area contributed by atoms with Gasteiger partial charge in [-0.3, -0.25) is 4.79 Å². The van der Waals surface area contributed by atoms with E-state index in [2.05, 4.69) is 15.5 Å². The zero-order chi connectivity index (χ0) is 14.2. The Hall–Kier alpha value is -2.24. The number of carbonyl (C=O) groups excluding carboxylic acids is 1. The Balaban J connectivity index is 1.44. The van der Waals surface area contributed by atoms with E-state index >= 15 is 0 Å². The summed E-state index contributed by atoms with van der Waals surface area (Å²) in [6, 6.07) is 7.23. The summed E-state index contributed by atoms with van der Waals surface area (Å²) >= 11 is 0. The van der Waals surface area contributed by atoms with E-state index in [1.165, 1.54) is 25.6 Å². The number of carbonyl (C=O) groups is 1. The van der Waals surface area contributed by atoms with Crippen molar-refractivity contribution in [3.63, 3.8) is 0 Å². The fraction of sp³-hybridized carbons (Fsp3) is 0.467. The maximum absolute atomic E-state index is 12.3. The van der Waals surface area contributed by atoms with Crippen molar-refractivity contribution in [2.45, 2.75) is 25.7 Å². The van der Waals surface area contributed by atoms with Gasteiger partial charge in [-0.15, -0.1) is 5.10 Å². The second kappa shape index (κ2) is 4.95. The molecule has 2 bridgehead atoms. The summed E-state index contributed by atoms with van der Waals surface area (Å²) in [4.78, 5) is 12.3. The first kappa shape index (κ1) is 12.5. The van der Waals surface area contributed by atoms with Gasteiger partial charge in [0.15, 0.2) is 0 Å². The van der Waals surface area contributed by atoms with Crippen molar-refractivity contribution in [1.29, 1.82) is 0 Å². The molecule has 6 nitrogen and oxygen atoms in total. The number of hydrogen-bond acceptors (Lipinski definition) is 5. The highest BCUT2D eigenvalue weighted by molar-refractivity contribution is 5.76. The first-order valence-corrected chi connectivity index (χ1v) is 7.35. The molecule has 0 amide bonds. The molecule has 0 aliphatic heterocycles. The van der Waals surface area contributed by atoms with Crippen LogP contribution in [-0.4, -0.2) is 26.2 Å². The zero-order valence-corrected chi connectivity index (χ0v) is 11.6. The molecular weight excluding hydrogens is 268 g/mol. The highest BCUT2D eigenvalue weighted by Gasteiger charge is 2.44. The van der Waals surface area contributed by atoms with Crippen molar-refractivity contribution < 1.29 is 9.53 Å². The van der Waals surface area contributed by atoms with Crippen LogP contribution in [0.25, 0.3) is 5.69 Å². The number of nitrogens with zero attached hydrogens (tertiary/aromatic N) is 4. The van der Waals surface area contributed by atoms with Crippen LogP contribution in [-0.2, 0) is 4.79 Å². The van der Waals surface area contributed by atoms with Crippen molar-refractivity contribution >= 4 is 5.97 Å². The molecule has 3 atom stereocenters. The minimum Gasteiger partial charge on any atom is -0.426 e. The summed E-state index contributed by atoms with van der Waals surface area (Å²) in [6.45, 7) is 0. The van der Waals surface area contributed by atoms with E-state index in [4.69, 9.17) is 4.74 Å². The van der Waals surface area contributed by atoms with Crippen molar-refractivity contribution in [3.8, 4) is 11.4 Å². The summed E-state index contributed by atoms with van der Waals surface area (Å²) in [6.07, 6.45) is 6.21. The molecule has 1 aromatic heterocycles.